The number of benzene rings is 2. The minimum absolute atomic E-state index is 0.0781. The zero-order valence-corrected chi connectivity index (χ0v) is 13.0. The minimum Gasteiger partial charge on any atom is -0.445 e. The Bertz CT molecular complexity index is 630. The number of hydrogen-bond donors (Lipinski definition) is 1. The van der Waals surface area contributed by atoms with Crippen molar-refractivity contribution in [3.05, 3.63) is 71.8 Å². The molecule has 0 radical (unpaired) electrons. The van der Waals surface area contributed by atoms with Crippen molar-refractivity contribution in [2.45, 2.75) is 25.0 Å². The first-order chi connectivity index (χ1) is 11.2. The number of carbonyl (C=O) groups is 1. The van der Waals surface area contributed by atoms with E-state index in [0.29, 0.717) is 13.1 Å². The summed E-state index contributed by atoms with van der Waals surface area (Å²) in [5.41, 5.74) is 2.08. The molecule has 2 aromatic carbocycles. The standard InChI is InChI=1S/C19H21NO3/c21-18-13-20(12-11-17(18)16-9-5-2-6-10-16)19(22)23-14-15-7-3-1-4-8-15/h1-10,17-18,21H,11-14H2. The average Bonchev–Trinajstić information content (AvgIpc) is 2.61. The summed E-state index contributed by atoms with van der Waals surface area (Å²) in [5.74, 6) is 0.0781. The number of nitrogens with zero attached hydrogens (tertiary/aromatic N) is 1. The summed E-state index contributed by atoms with van der Waals surface area (Å²) in [4.78, 5) is 13.7. The van der Waals surface area contributed by atoms with Gasteiger partial charge < -0.3 is 14.7 Å². The third-order valence-electron chi connectivity index (χ3n) is 4.27. The van der Waals surface area contributed by atoms with Crippen LogP contribution >= 0.6 is 0 Å². The van der Waals surface area contributed by atoms with E-state index in [-0.39, 0.29) is 18.6 Å². The van der Waals surface area contributed by atoms with Crippen LogP contribution in [0.15, 0.2) is 60.7 Å². The SMILES string of the molecule is O=C(OCc1ccccc1)N1CCC(c2ccccc2)C(O)C1. The van der Waals surface area contributed by atoms with Crippen molar-refractivity contribution in [3.8, 4) is 0 Å². The van der Waals surface area contributed by atoms with Gasteiger partial charge in [-0.1, -0.05) is 60.7 Å². The Morgan fingerprint density at radius 3 is 2.39 bits per heavy atom. The molecule has 2 unspecified atom stereocenters. The van der Waals surface area contributed by atoms with Crippen LogP contribution in [0.5, 0.6) is 0 Å². The van der Waals surface area contributed by atoms with E-state index in [4.69, 9.17) is 4.74 Å². The number of amides is 1. The van der Waals surface area contributed by atoms with Gasteiger partial charge in [0, 0.05) is 12.5 Å². The Morgan fingerprint density at radius 1 is 1.09 bits per heavy atom. The van der Waals surface area contributed by atoms with Crippen molar-refractivity contribution in [2.24, 2.45) is 0 Å². The summed E-state index contributed by atoms with van der Waals surface area (Å²) >= 11 is 0. The predicted octanol–water partition coefficient (Wildman–Crippen LogP) is 3.17. The molecule has 1 aliphatic heterocycles. The van der Waals surface area contributed by atoms with Crippen molar-refractivity contribution >= 4 is 6.09 Å². The van der Waals surface area contributed by atoms with E-state index < -0.39 is 6.10 Å². The van der Waals surface area contributed by atoms with E-state index in [1.807, 2.05) is 60.7 Å². The van der Waals surface area contributed by atoms with Crippen LogP contribution in [0.25, 0.3) is 0 Å². The number of carbonyl (C=O) groups excluding carboxylic acids is 1. The Balaban J connectivity index is 1.54. The van der Waals surface area contributed by atoms with E-state index in [2.05, 4.69) is 0 Å². The summed E-state index contributed by atoms with van der Waals surface area (Å²) in [6.07, 6.45) is -0.180. The van der Waals surface area contributed by atoms with Gasteiger partial charge in [0.2, 0.25) is 0 Å². The Labute approximate surface area is 136 Å². The largest absolute Gasteiger partial charge is 0.445 e. The molecule has 23 heavy (non-hydrogen) atoms. The number of likely N-dealkylation sites (tertiary alicyclic amines) is 1. The minimum atomic E-state index is -0.560. The molecule has 0 saturated carbocycles. The van der Waals surface area contributed by atoms with Gasteiger partial charge in [-0.2, -0.15) is 0 Å². The van der Waals surface area contributed by atoms with Crippen LogP contribution in [0.2, 0.25) is 0 Å². The summed E-state index contributed by atoms with van der Waals surface area (Å²) in [5, 5.41) is 10.4. The molecule has 120 valence electrons. The number of hydrogen-bond acceptors (Lipinski definition) is 3. The quantitative estimate of drug-likeness (QED) is 0.947. The van der Waals surface area contributed by atoms with E-state index in [0.717, 1.165) is 17.5 Å². The van der Waals surface area contributed by atoms with Crippen LogP contribution in [0.3, 0.4) is 0 Å². The van der Waals surface area contributed by atoms with Crippen molar-refractivity contribution < 1.29 is 14.6 Å². The molecule has 0 aliphatic carbocycles. The molecule has 0 aromatic heterocycles. The lowest BCUT2D eigenvalue weighted by Gasteiger charge is -2.35. The van der Waals surface area contributed by atoms with Crippen LogP contribution in [0, 0.1) is 0 Å². The van der Waals surface area contributed by atoms with Crippen molar-refractivity contribution in [1.29, 1.82) is 0 Å². The van der Waals surface area contributed by atoms with Gasteiger partial charge in [0.15, 0.2) is 0 Å². The second-order valence-electron chi connectivity index (χ2n) is 5.86. The van der Waals surface area contributed by atoms with Crippen molar-refractivity contribution in [1.82, 2.24) is 4.90 Å². The van der Waals surface area contributed by atoms with Crippen LogP contribution in [0.4, 0.5) is 4.79 Å². The smallest absolute Gasteiger partial charge is 0.410 e. The highest BCUT2D eigenvalue weighted by atomic mass is 16.6. The average molecular weight is 311 g/mol. The predicted molar refractivity (Wildman–Crippen MR) is 88.0 cm³/mol. The molecular weight excluding hydrogens is 290 g/mol. The molecule has 1 saturated heterocycles. The summed E-state index contributed by atoms with van der Waals surface area (Å²) < 4.78 is 5.33. The van der Waals surface area contributed by atoms with Gasteiger partial charge in [-0.05, 0) is 17.5 Å². The number of aliphatic hydroxyl groups is 1. The van der Waals surface area contributed by atoms with Gasteiger partial charge >= 0.3 is 6.09 Å². The monoisotopic (exact) mass is 311 g/mol. The number of rotatable bonds is 3. The summed E-state index contributed by atoms with van der Waals surface area (Å²) in [7, 11) is 0. The first kappa shape index (κ1) is 15.6. The Kier molecular flexibility index (Phi) is 4.93. The van der Waals surface area contributed by atoms with E-state index >= 15 is 0 Å². The topological polar surface area (TPSA) is 49.8 Å². The van der Waals surface area contributed by atoms with Gasteiger partial charge in [0.25, 0.3) is 0 Å². The molecule has 0 spiro atoms. The van der Waals surface area contributed by atoms with Crippen molar-refractivity contribution in [3.63, 3.8) is 0 Å². The molecule has 1 aliphatic rings. The molecule has 2 atom stereocenters. The molecule has 1 N–H and O–H groups in total. The van der Waals surface area contributed by atoms with Crippen molar-refractivity contribution in [2.75, 3.05) is 13.1 Å². The lowest BCUT2D eigenvalue weighted by Crippen LogP contribution is -2.45. The zero-order valence-electron chi connectivity index (χ0n) is 13.0. The molecule has 4 nitrogen and oxygen atoms in total. The third-order valence-corrected chi connectivity index (χ3v) is 4.27. The van der Waals surface area contributed by atoms with Gasteiger partial charge in [-0.3, -0.25) is 0 Å². The van der Waals surface area contributed by atoms with Gasteiger partial charge in [-0.25, -0.2) is 4.79 Å². The normalized spacial score (nSPS) is 21.0. The fourth-order valence-electron chi connectivity index (χ4n) is 3.00. The van der Waals surface area contributed by atoms with Gasteiger partial charge in [0.1, 0.15) is 6.61 Å². The van der Waals surface area contributed by atoms with E-state index in [1.54, 1.807) is 4.90 Å². The van der Waals surface area contributed by atoms with Crippen LogP contribution in [0.1, 0.15) is 23.5 Å². The third kappa shape index (κ3) is 3.90. The maximum Gasteiger partial charge on any atom is 0.410 e. The Hall–Kier alpha value is -2.33. The summed E-state index contributed by atoms with van der Waals surface area (Å²) in [6.45, 7) is 1.17. The van der Waals surface area contributed by atoms with Gasteiger partial charge in [0.05, 0.1) is 12.6 Å². The first-order valence-electron chi connectivity index (χ1n) is 7.92. The molecule has 1 amide bonds. The van der Waals surface area contributed by atoms with E-state index in [9.17, 15) is 9.90 Å². The lowest BCUT2D eigenvalue weighted by molar-refractivity contribution is 0.0344. The molecule has 1 fully saturated rings. The first-order valence-corrected chi connectivity index (χ1v) is 7.92. The van der Waals surface area contributed by atoms with Crippen LogP contribution in [-0.4, -0.2) is 35.3 Å². The maximum absolute atomic E-state index is 12.2. The Morgan fingerprint density at radius 2 is 1.74 bits per heavy atom. The lowest BCUT2D eigenvalue weighted by atomic mass is 9.87. The second-order valence-corrected chi connectivity index (χ2v) is 5.86. The highest BCUT2D eigenvalue weighted by Gasteiger charge is 2.31. The van der Waals surface area contributed by atoms with Crippen LogP contribution < -0.4 is 0 Å². The summed E-state index contributed by atoms with van der Waals surface area (Å²) in [6, 6.07) is 19.6. The number of ether oxygens (including phenoxy) is 1. The second kappa shape index (κ2) is 7.29. The highest BCUT2D eigenvalue weighted by molar-refractivity contribution is 5.67. The highest BCUT2D eigenvalue weighted by Crippen LogP contribution is 2.28. The maximum atomic E-state index is 12.2. The fraction of sp³-hybridized carbons (Fsp3) is 0.316. The number of aliphatic hydroxyl groups excluding tert-OH is 1. The van der Waals surface area contributed by atoms with Crippen LogP contribution in [-0.2, 0) is 11.3 Å². The number of β-amino-alcohol motifs (C(OH)–C–C–N with tert-alkyl or cyclic N) is 1. The molecule has 2 aromatic rings. The van der Waals surface area contributed by atoms with Gasteiger partial charge in [-0.15, -0.1) is 0 Å². The van der Waals surface area contributed by atoms with E-state index in [1.165, 1.54) is 0 Å². The number of piperidine rings is 1. The molecule has 1 heterocycles. The molecule has 0 bridgehead atoms. The zero-order chi connectivity index (χ0) is 16.1. The fourth-order valence-corrected chi connectivity index (χ4v) is 3.00. The molecular formula is C19H21NO3. The molecule has 4 heteroatoms. The molecule has 3 rings (SSSR count).